The summed E-state index contributed by atoms with van der Waals surface area (Å²) in [5.41, 5.74) is 4.08. The van der Waals surface area contributed by atoms with Crippen molar-refractivity contribution in [3.8, 4) is 11.4 Å². The molecule has 0 saturated carbocycles. The molecule has 3 aromatic carbocycles. The number of benzene rings is 3. The molecule has 7 heteroatoms. The summed E-state index contributed by atoms with van der Waals surface area (Å²) in [5, 5.41) is 3.40. The van der Waals surface area contributed by atoms with Gasteiger partial charge in [-0.25, -0.2) is 4.98 Å². The number of carbonyl (C=O) groups excluding carboxylic acids is 1. The van der Waals surface area contributed by atoms with Crippen molar-refractivity contribution in [2.75, 3.05) is 12.4 Å². The molecule has 0 atom stereocenters. The minimum Gasteiger partial charge on any atom is -0.497 e. The van der Waals surface area contributed by atoms with Gasteiger partial charge in [-0.05, 0) is 90.2 Å². The van der Waals surface area contributed by atoms with E-state index in [0.29, 0.717) is 33.7 Å². The number of rotatable bonds is 3. The van der Waals surface area contributed by atoms with Crippen LogP contribution in [0.15, 0.2) is 65.5 Å². The van der Waals surface area contributed by atoms with Crippen LogP contribution in [0, 0.1) is 10.5 Å². The van der Waals surface area contributed by atoms with Crippen LogP contribution in [-0.4, -0.2) is 22.6 Å². The predicted molar refractivity (Wildman–Crippen MR) is 134 cm³/mol. The summed E-state index contributed by atoms with van der Waals surface area (Å²) in [6.07, 6.45) is 1.68. The molecule has 0 unspecified atom stereocenters. The molecule has 0 saturated heterocycles. The van der Waals surface area contributed by atoms with E-state index in [1.807, 2.05) is 43.3 Å². The largest absolute Gasteiger partial charge is 0.497 e. The molecule has 0 aliphatic carbocycles. The zero-order valence-corrected chi connectivity index (χ0v) is 19.5. The van der Waals surface area contributed by atoms with Gasteiger partial charge in [0, 0.05) is 14.8 Å². The fourth-order valence-corrected chi connectivity index (χ4v) is 4.32. The molecular formula is C25H18IN3O3. The maximum absolute atomic E-state index is 13.6. The van der Waals surface area contributed by atoms with Crippen LogP contribution in [0.4, 0.5) is 5.69 Å². The SMILES string of the molecule is COc1ccc(-n2c(/C=C3\C(=O)Nc4ccc(C)cc43)nc3ccc(I)cc3c2=O)cc1. The normalized spacial score (nSPS) is 14.0. The molecule has 0 bridgehead atoms. The van der Waals surface area contributed by atoms with Gasteiger partial charge in [0.2, 0.25) is 0 Å². The summed E-state index contributed by atoms with van der Waals surface area (Å²) >= 11 is 2.18. The van der Waals surface area contributed by atoms with Gasteiger partial charge >= 0.3 is 0 Å². The zero-order chi connectivity index (χ0) is 22.4. The smallest absolute Gasteiger partial charge is 0.266 e. The lowest BCUT2D eigenvalue weighted by molar-refractivity contribution is -0.110. The number of anilines is 1. The monoisotopic (exact) mass is 535 g/mol. The van der Waals surface area contributed by atoms with E-state index in [1.54, 1.807) is 37.5 Å². The van der Waals surface area contributed by atoms with Gasteiger partial charge in [0.1, 0.15) is 11.6 Å². The van der Waals surface area contributed by atoms with Gasteiger partial charge in [0.05, 0.1) is 29.3 Å². The number of halogens is 1. The van der Waals surface area contributed by atoms with Crippen molar-refractivity contribution in [1.29, 1.82) is 0 Å². The van der Waals surface area contributed by atoms with Gasteiger partial charge in [0.15, 0.2) is 0 Å². The molecule has 0 spiro atoms. The molecule has 1 aliphatic heterocycles. The Morgan fingerprint density at radius 3 is 2.56 bits per heavy atom. The highest BCUT2D eigenvalue weighted by atomic mass is 127. The summed E-state index contributed by atoms with van der Waals surface area (Å²) in [6.45, 7) is 1.98. The van der Waals surface area contributed by atoms with Crippen molar-refractivity contribution in [2.45, 2.75) is 6.92 Å². The first kappa shape index (κ1) is 20.4. The lowest BCUT2D eigenvalue weighted by Crippen LogP contribution is -2.22. The second-order valence-electron chi connectivity index (χ2n) is 7.53. The van der Waals surface area contributed by atoms with E-state index in [9.17, 15) is 9.59 Å². The van der Waals surface area contributed by atoms with Crippen LogP contribution in [0.25, 0.3) is 28.2 Å². The Hall–Kier alpha value is -3.46. The Labute approximate surface area is 197 Å². The Kier molecular flexibility index (Phi) is 5.05. The Morgan fingerprint density at radius 2 is 1.81 bits per heavy atom. The van der Waals surface area contributed by atoms with Crippen molar-refractivity contribution in [2.24, 2.45) is 0 Å². The molecule has 1 aromatic heterocycles. The third-order valence-electron chi connectivity index (χ3n) is 5.42. The Morgan fingerprint density at radius 1 is 1.03 bits per heavy atom. The fraction of sp³-hybridized carbons (Fsp3) is 0.0800. The average molecular weight is 535 g/mol. The number of nitrogens with one attached hydrogen (secondary N) is 1. The highest BCUT2D eigenvalue weighted by Gasteiger charge is 2.25. The van der Waals surface area contributed by atoms with Gasteiger partial charge in [-0.15, -0.1) is 0 Å². The number of aromatic nitrogens is 2. The summed E-state index contributed by atoms with van der Waals surface area (Å²) in [6, 6.07) is 18.5. The van der Waals surface area contributed by atoms with Crippen molar-refractivity contribution in [3.05, 3.63) is 91.5 Å². The van der Waals surface area contributed by atoms with E-state index in [2.05, 4.69) is 27.9 Å². The van der Waals surface area contributed by atoms with E-state index in [1.165, 1.54) is 4.57 Å². The van der Waals surface area contributed by atoms with Crippen LogP contribution in [0.5, 0.6) is 5.75 Å². The molecule has 4 aromatic rings. The summed E-state index contributed by atoms with van der Waals surface area (Å²) in [5.74, 6) is 0.849. The quantitative estimate of drug-likeness (QED) is 0.302. The van der Waals surface area contributed by atoms with E-state index >= 15 is 0 Å². The van der Waals surface area contributed by atoms with Crippen LogP contribution < -0.4 is 15.6 Å². The van der Waals surface area contributed by atoms with Crippen molar-refractivity contribution in [3.63, 3.8) is 0 Å². The minimum atomic E-state index is -0.219. The fourth-order valence-electron chi connectivity index (χ4n) is 3.83. The number of nitrogens with zero attached hydrogens (tertiary/aromatic N) is 2. The number of carbonyl (C=O) groups is 1. The van der Waals surface area contributed by atoms with Crippen LogP contribution in [0.2, 0.25) is 0 Å². The highest BCUT2D eigenvalue weighted by Crippen LogP contribution is 2.34. The summed E-state index contributed by atoms with van der Waals surface area (Å²) in [7, 11) is 1.59. The summed E-state index contributed by atoms with van der Waals surface area (Å²) in [4.78, 5) is 31.1. The predicted octanol–water partition coefficient (Wildman–Crippen LogP) is 4.80. The molecule has 5 rings (SSSR count). The van der Waals surface area contributed by atoms with Gasteiger partial charge in [-0.1, -0.05) is 11.6 Å². The minimum absolute atomic E-state index is 0.201. The molecule has 1 N–H and O–H groups in total. The van der Waals surface area contributed by atoms with Crippen molar-refractivity contribution in [1.82, 2.24) is 9.55 Å². The van der Waals surface area contributed by atoms with Gasteiger partial charge in [-0.2, -0.15) is 0 Å². The maximum atomic E-state index is 13.6. The molecule has 158 valence electrons. The van der Waals surface area contributed by atoms with Crippen molar-refractivity contribution >= 4 is 56.7 Å². The van der Waals surface area contributed by atoms with E-state index < -0.39 is 0 Å². The molecule has 0 radical (unpaired) electrons. The molecule has 1 aliphatic rings. The first-order valence-corrected chi connectivity index (χ1v) is 11.0. The van der Waals surface area contributed by atoms with Gasteiger partial charge < -0.3 is 10.1 Å². The first-order valence-electron chi connectivity index (χ1n) is 9.95. The standard InChI is InChI=1S/C25H18IN3O3/c1-14-3-9-21-18(11-14)19(24(30)28-21)13-23-27-22-10-4-15(26)12-20(22)25(31)29(23)16-5-7-17(32-2)8-6-16/h3-13H,1-2H3,(H,28,30)/b19-13-. The number of ether oxygens (including phenoxy) is 1. The van der Waals surface area contributed by atoms with Crippen molar-refractivity contribution < 1.29 is 9.53 Å². The van der Waals surface area contributed by atoms with Gasteiger partial charge in [-0.3, -0.25) is 14.2 Å². The lowest BCUT2D eigenvalue weighted by Gasteiger charge is -2.13. The van der Waals surface area contributed by atoms with E-state index in [0.717, 1.165) is 20.4 Å². The van der Waals surface area contributed by atoms with Crippen LogP contribution in [0.1, 0.15) is 17.0 Å². The molecule has 0 fully saturated rings. The molecule has 6 nitrogen and oxygen atoms in total. The van der Waals surface area contributed by atoms with Crippen LogP contribution >= 0.6 is 22.6 Å². The number of amides is 1. The number of hydrogen-bond acceptors (Lipinski definition) is 4. The van der Waals surface area contributed by atoms with Gasteiger partial charge in [0.25, 0.3) is 11.5 Å². The topological polar surface area (TPSA) is 73.2 Å². The highest BCUT2D eigenvalue weighted by molar-refractivity contribution is 14.1. The summed E-state index contributed by atoms with van der Waals surface area (Å²) < 4.78 is 7.73. The molecule has 32 heavy (non-hydrogen) atoms. The number of methoxy groups -OCH3 is 1. The van der Waals surface area contributed by atoms with Crippen LogP contribution in [-0.2, 0) is 4.79 Å². The van der Waals surface area contributed by atoms with Crippen LogP contribution in [0.3, 0.4) is 0 Å². The maximum Gasteiger partial charge on any atom is 0.266 e. The third-order valence-corrected chi connectivity index (χ3v) is 6.09. The molecule has 2 heterocycles. The number of aryl methyl sites for hydroxylation is 1. The average Bonchev–Trinajstić information content (AvgIpc) is 3.09. The lowest BCUT2D eigenvalue weighted by atomic mass is 10.0. The number of hydrogen-bond donors (Lipinski definition) is 1. The second-order valence-corrected chi connectivity index (χ2v) is 8.78. The second kappa shape index (κ2) is 7.90. The van der Waals surface area contributed by atoms with E-state index in [-0.39, 0.29) is 11.5 Å². The first-order chi connectivity index (χ1) is 15.4. The number of fused-ring (bicyclic) bond motifs is 2. The molecule has 1 amide bonds. The van der Waals surface area contributed by atoms with E-state index in [4.69, 9.17) is 9.72 Å². The Bertz CT molecular complexity index is 1490. The molecular weight excluding hydrogens is 517 g/mol. The third kappa shape index (κ3) is 3.48. The Balaban J connectivity index is 1.80. The zero-order valence-electron chi connectivity index (χ0n) is 17.3.